The van der Waals surface area contributed by atoms with Gasteiger partial charge in [-0.1, -0.05) is 26.0 Å². The number of hydrogen-bond donors (Lipinski definition) is 0. The first kappa shape index (κ1) is 15.3. The van der Waals surface area contributed by atoms with Crippen molar-refractivity contribution in [3.63, 3.8) is 0 Å². The van der Waals surface area contributed by atoms with Crippen molar-refractivity contribution in [2.45, 2.75) is 40.7 Å². The van der Waals surface area contributed by atoms with Gasteiger partial charge in [0.25, 0.3) is 0 Å². The largest absolute Gasteiger partial charge is 0.320 e. The molecule has 0 aliphatic heterocycles. The normalized spacial score (nSPS) is 11.1. The van der Waals surface area contributed by atoms with Gasteiger partial charge in [0.2, 0.25) is 0 Å². The lowest BCUT2D eigenvalue weighted by Crippen LogP contribution is -2.40. The second-order valence-corrected chi connectivity index (χ2v) is 5.87. The van der Waals surface area contributed by atoms with Crippen LogP contribution in [-0.4, -0.2) is 9.13 Å². The number of hydrogen-bond acceptors (Lipinski definition) is 2. The Morgan fingerprint density at radius 3 is 2.43 bits per heavy atom. The van der Waals surface area contributed by atoms with E-state index in [9.17, 15) is 9.59 Å². The van der Waals surface area contributed by atoms with Crippen LogP contribution in [-0.2, 0) is 6.54 Å². The van der Waals surface area contributed by atoms with E-state index in [-0.39, 0.29) is 0 Å². The Labute approximate surface area is 124 Å². The average molecular weight is 286 g/mol. The minimum Gasteiger partial charge on any atom is -0.309 e. The minimum atomic E-state index is -0.491. The van der Waals surface area contributed by atoms with E-state index in [1.54, 1.807) is 12.4 Å². The molecule has 1 aromatic carbocycles. The van der Waals surface area contributed by atoms with Crippen molar-refractivity contribution in [3.8, 4) is 5.69 Å². The molecule has 0 saturated carbocycles. The molecule has 0 radical (unpaired) electrons. The van der Waals surface area contributed by atoms with Crippen LogP contribution in [0, 0.1) is 19.8 Å². The van der Waals surface area contributed by atoms with Crippen LogP contribution in [0.3, 0.4) is 0 Å². The summed E-state index contributed by atoms with van der Waals surface area (Å²) >= 11 is 0. The quantitative estimate of drug-likeness (QED) is 0.811. The van der Waals surface area contributed by atoms with Crippen LogP contribution in [0.1, 0.15) is 31.4 Å². The topological polar surface area (TPSA) is 44.0 Å². The van der Waals surface area contributed by atoms with Crippen molar-refractivity contribution in [2.75, 3.05) is 0 Å². The van der Waals surface area contributed by atoms with Crippen LogP contribution in [0.5, 0.6) is 0 Å². The van der Waals surface area contributed by atoms with Crippen molar-refractivity contribution >= 4 is 0 Å². The third-order valence-electron chi connectivity index (χ3n) is 3.84. The lowest BCUT2D eigenvalue weighted by molar-refractivity contribution is 0.503. The molecule has 0 atom stereocenters. The van der Waals surface area contributed by atoms with Gasteiger partial charge >= 0.3 is 11.1 Å². The minimum absolute atomic E-state index is 0.459. The van der Waals surface area contributed by atoms with Crippen molar-refractivity contribution in [2.24, 2.45) is 5.92 Å². The smallest absolute Gasteiger partial charge is 0.309 e. The fourth-order valence-electron chi connectivity index (χ4n) is 2.27. The van der Waals surface area contributed by atoms with Gasteiger partial charge in [0.15, 0.2) is 0 Å². The maximum absolute atomic E-state index is 12.3. The highest BCUT2D eigenvalue weighted by Gasteiger charge is 2.09. The fourth-order valence-corrected chi connectivity index (χ4v) is 2.27. The Balaban J connectivity index is 2.49. The molecule has 2 rings (SSSR count). The summed E-state index contributed by atoms with van der Waals surface area (Å²) in [5.74, 6) is 0.498. The third kappa shape index (κ3) is 3.15. The summed E-state index contributed by atoms with van der Waals surface area (Å²) < 4.78 is 2.94. The summed E-state index contributed by atoms with van der Waals surface area (Å²) in [6.45, 7) is 8.74. The molecule has 0 aliphatic rings. The van der Waals surface area contributed by atoms with E-state index in [1.807, 2.05) is 32.0 Å². The van der Waals surface area contributed by atoms with E-state index >= 15 is 0 Å². The second-order valence-electron chi connectivity index (χ2n) is 5.87. The van der Waals surface area contributed by atoms with Crippen LogP contribution >= 0.6 is 0 Å². The Kier molecular flexibility index (Phi) is 4.46. The second kappa shape index (κ2) is 6.12. The van der Waals surface area contributed by atoms with Crippen molar-refractivity contribution < 1.29 is 0 Å². The van der Waals surface area contributed by atoms with Gasteiger partial charge in [0.1, 0.15) is 0 Å². The van der Waals surface area contributed by atoms with Crippen molar-refractivity contribution in [1.29, 1.82) is 0 Å². The zero-order valence-corrected chi connectivity index (χ0v) is 13.1. The molecule has 0 amide bonds. The molecule has 1 aromatic heterocycles. The monoisotopic (exact) mass is 286 g/mol. The van der Waals surface area contributed by atoms with Crippen LogP contribution in [0.15, 0.2) is 40.2 Å². The first-order valence-corrected chi connectivity index (χ1v) is 7.30. The van der Waals surface area contributed by atoms with E-state index in [4.69, 9.17) is 0 Å². The summed E-state index contributed by atoms with van der Waals surface area (Å²) in [4.78, 5) is 24.5. The van der Waals surface area contributed by atoms with Gasteiger partial charge in [-0.2, -0.15) is 0 Å². The fraction of sp³-hybridized carbons (Fsp3) is 0.412. The summed E-state index contributed by atoms with van der Waals surface area (Å²) in [5.41, 5.74) is 1.93. The lowest BCUT2D eigenvalue weighted by atomic mass is 10.1. The molecule has 1 heterocycles. The van der Waals surface area contributed by atoms with Gasteiger partial charge in [-0.05, 0) is 43.4 Å². The molecule has 2 aromatic rings. The molecule has 0 saturated heterocycles. The number of benzene rings is 1. The molecule has 0 spiro atoms. The van der Waals surface area contributed by atoms with Crippen LogP contribution < -0.4 is 11.1 Å². The third-order valence-corrected chi connectivity index (χ3v) is 3.84. The summed E-state index contributed by atoms with van der Waals surface area (Å²) in [5, 5.41) is 0. The van der Waals surface area contributed by atoms with E-state index in [1.165, 1.54) is 9.13 Å². The van der Waals surface area contributed by atoms with E-state index in [0.717, 1.165) is 23.2 Å². The highest BCUT2D eigenvalue weighted by molar-refractivity contribution is 5.44. The Bertz CT molecular complexity index is 754. The molecule has 112 valence electrons. The number of rotatable bonds is 4. The lowest BCUT2D eigenvalue weighted by Gasteiger charge is -2.13. The first-order chi connectivity index (χ1) is 9.91. The van der Waals surface area contributed by atoms with Crippen LogP contribution in [0.25, 0.3) is 5.69 Å². The molecule has 21 heavy (non-hydrogen) atoms. The van der Waals surface area contributed by atoms with Gasteiger partial charge in [-0.15, -0.1) is 0 Å². The molecule has 4 heteroatoms. The highest BCUT2D eigenvalue weighted by atomic mass is 16.2. The SMILES string of the molecule is Cc1cccc(-n2ccn(CCC(C)C)c(=O)c2=O)c1C. The average Bonchev–Trinajstić information content (AvgIpc) is 2.44. The number of aryl methyl sites for hydroxylation is 2. The molecule has 0 aliphatic carbocycles. The van der Waals surface area contributed by atoms with Gasteiger partial charge in [0, 0.05) is 18.9 Å². The zero-order valence-electron chi connectivity index (χ0n) is 13.1. The maximum atomic E-state index is 12.3. The van der Waals surface area contributed by atoms with E-state index < -0.39 is 11.1 Å². The first-order valence-electron chi connectivity index (χ1n) is 7.30. The molecule has 0 unspecified atom stereocenters. The van der Waals surface area contributed by atoms with Gasteiger partial charge < -0.3 is 4.57 Å². The number of nitrogens with zero attached hydrogens (tertiary/aromatic N) is 2. The Morgan fingerprint density at radius 1 is 1.05 bits per heavy atom. The molecule has 0 bridgehead atoms. The van der Waals surface area contributed by atoms with Crippen molar-refractivity contribution in [3.05, 3.63) is 62.4 Å². The molecule has 0 fully saturated rings. The zero-order chi connectivity index (χ0) is 15.6. The van der Waals surface area contributed by atoms with Gasteiger partial charge in [0.05, 0.1) is 5.69 Å². The Morgan fingerprint density at radius 2 is 1.76 bits per heavy atom. The summed E-state index contributed by atoms with van der Waals surface area (Å²) in [6, 6.07) is 5.75. The van der Waals surface area contributed by atoms with Crippen LogP contribution in [0.2, 0.25) is 0 Å². The summed E-state index contributed by atoms with van der Waals surface area (Å²) in [6.07, 6.45) is 4.27. The molecular weight excluding hydrogens is 264 g/mol. The van der Waals surface area contributed by atoms with Gasteiger partial charge in [-0.25, -0.2) is 0 Å². The van der Waals surface area contributed by atoms with E-state index in [0.29, 0.717) is 12.5 Å². The number of aromatic nitrogens is 2. The maximum Gasteiger partial charge on any atom is 0.320 e. The molecule has 4 nitrogen and oxygen atoms in total. The highest BCUT2D eigenvalue weighted by Crippen LogP contribution is 2.15. The van der Waals surface area contributed by atoms with E-state index in [2.05, 4.69) is 13.8 Å². The van der Waals surface area contributed by atoms with Gasteiger partial charge in [-0.3, -0.25) is 14.2 Å². The Hall–Kier alpha value is -2.10. The van der Waals surface area contributed by atoms with Crippen molar-refractivity contribution in [1.82, 2.24) is 9.13 Å². The predicted octanol–water partition coefficient (Wildman–Crippen LogP) is 2.66. The van der Waals surface area contributed by atoms with Crippen LogP contribution in [0.4, 0.5) is 0 Å². The summed E-state index contributed by atoms with van der Waals surface area (Å²) in [7, 11) is 0. The predicted molar refractivity (Wildman–Crippen MR) is 85.2 cm³/mol. The molecular formula is C17H22N2O2. The standard InChI is InChI=1S/C17H22N2O2/c1-12(2)8-9-18-10-11-19(17(21)16(18)20)15-7-5-6-13(3)14(15)4/h5-7,10-12H,8-9H2,1-4H3. The molecule has 0 N–H and O–H groups in total.